The first-order valence-electron chi connectivity index (χ1n) is 4.30. The van der Waals surface area contributed by atoms with Gasteiger partial charge < -0.3 is 9.84 Å². The minimum atomic E-state index is -0.0118. The Morgan fingerprint density at radius 1 is 1.50 bits per heavy atom. The van der Waals surface area contributed by atoms with Crippen LogP contribution in [0.3, 0.4) is 0 Å². The smallest absolute Gasteiger partial charge is 0.125 e. The van der Waals surface area contributed by atoms with Gasteiger partial charge in [0.15, 0.2) is 0 Å². The Hall–Kier alpha value is -1.13. The van der Waals surface area contributed by atoms with Crippen LogP contribution in [0.15, 0.2) is 12.1 Å². The lowest BCUT2D eigenvalue weighted by Crippen LogP contribution is -1.91. The van der Waals surface area contributed by atoms with Crippen molar-refractivity contribution in [3.8, 4) is 5.75 Å². The van der Waals surface area contributed by atoms with Gasteiger partial charge in [-0.1, -0.05) is 0 Å². The standard InChI is InChI=1S/C10H11NO2S/c1-6-11-8-3-4-9(13-2)7(5-12)10(8)14-6/h3-4,12H,5H2,1-2H3. The van der Waals surface area contributed by atoms with Gasteiger partial charge in [-0.15, -0.1) is 11.3 Å². The Labute approximate surface area is 86.0 Å². The Bertz CT molecular complexity index is 464. The molecule has 14 heavy (non-hydrogen) atoms. The van der Waals surface area contributed by atoms with Gasteiger partial charge in [0.1, 0.15) is 5.75 Å². The third kappa shape index (κ3) is 1.36. The van der Waals surface area contributed by atoms with Crippen molar-refractivity contribution in [2.75, 3.05) is 7.11 Å². The lowest BCUT2D eigenvalue weighted by Gasteiger charge is -2.05. The molecule has 0 saturated heterocycles. The van der Waals surface area contributed by atoms with Gasteiger partial charge in [-0.2, -0.15) is 0 Å². The molecular formula is C10H11NO2S. The summed E-state index contributed by atoms with van der Waals surface area (Å²) in [6, 6.07) is 3.75. The van der Waals surface area contributed by atoms with Crippen molar-refractivity contribution in [2.24, 2.45) is 0 Å². The molecule has 0 radical (unpaired) electrons. The predicted molar refractivity (Wildman–Crippen MR) is 56.8 cm³/mol. The number of nitrogens with zero attached hydrogens (tertiary/aromatic N) is 1. The minimum absolute atomic E-state index is 0.0118. The number of ether oxygens (including phenoxy) is 1. The second-order valence-corrected chi connectivity index (χ2v) is 4.19. The molecule has 4 heteroatoms. The molecule has 0 amide bonds. The van der Waals surface area contributed by atoms with Gasteiger partial charge in [-0.3, -0.25) is 0 Å². The van der Waals surface area contributed by atoms with Crippen LogP contribution in [0.4, 0.5) is 0 Å². The monoisotopic (exact) mass is 209 g/mol. The van der Waals surface area contributed by atoms with E-state index in [1.54, 1.807) is 18.4 Å². The van der Waals surface area contributed by atoms with Crippen LogP contribution < -0.4 is 4.74 Å². The third-order valence-electron chi connectivity index (χ3n) is 2.10. The molecule has 0 atom stereocenters. The number of hydrogen-bond donors (Lipinski definition) is 1. The highest BCUT2D eigenvalue weighted by Gasteiger charge is 2.10. The highest BCUT2D eigenvalue weighted by Crippen LogP contribution is 2.31. The molecule has 1 aromatic carbocycles. The third-order valence-corrected chi connectivity index (χ3v) is 3.15. The van der Waals surface area contributed by atoms with E-state index in [2.05, 4.69) is 4.98 Å². The van der Waals surface area contributed by atoms with Crippen LogP contribution in [0.5, 0.6) is 5.75 Å². The molecular weight excluding hydrogens is 198 g/mol. The van der Waals surface area contributed by atoms with Crippen molar-refractivity contribution >= 4 is 21.6 Å². The van der Waals surface area contributed by atoms with E-state index in [4.69, 9.17) is 4.74 Å². The molecule has 0 fully saturated rings. The summed E-state index contributed by atoms with van der Waals surface area (Å²) in [5, 5.41) is 10.3. The number of fused-ring (bicyclic) bond motifs is 1. The average molecular weight is 209 g/mol. The first-order valence-corrected chi connectivity index (χ1v) is 5.11. The zero-order valence-electron chi connectivity index (χ0n) is 8.07. The summed E-state index contributed by atoms with van der Waals surface area (Å²) in [5.74, 6) is 0.726. The Kier molecular flexibility index (Phi) is 2.39. The van der Waals surface area contributed by atoms with Crippen molar-refractivity contribution in [1.82, 2.24) is 4.98 Å². The fourth-order valence-corrected chi connectivity index (χ4v) is 2.43. The minimum Gasteiger partial charge on any atom is -0.496 e. The maximum atomic E-state index is 9.26. The van der Waals surface area contributed by atoms with E-state index < -0.39 is 0 Å². The Morgan fingerprint density at radius 2 is 2.29 bits per heavy atom. The second-order valence-electron chi connectivity index (χ2n) is 2.99. The zero-order chi connectivity index (χ0) is 10.1. The number of methoxy groups -OCH3 is 1. The fourth-order valence-electron chi connectivity index (χ4n) is 1.48. The maximum Gasteiger partial charge on any atom is 0.125 e. The van der Waals surface area contributed by atoms with Crippen LogP contribution in [0.2, 0.25) is 0 Å². The molecule has 1 aromatic heterocycles. The van der Waals surface area contributed by atoms with Crippen LogP contribution in [0, 0.1) is 6.92 Å². The van der Waals surface area contributed by atoms with Crippen LogP contribution in [0.25, 0.3) is 10.2 Å². The summed E-state index contributed by atoms with van der Waals surface area (Å²) in [5.41, 5.74) is 1.76. The summed E-state index contributed by atoms with van der Waals surface area (Å²) in [7, 11) is 1.61. The lowest BCUT2D eigenvalue weighted by atomic mass is 10.2. The number of hydrogen-bond acceptors (Lipinski definition) is 4. The molecule has 0 aliphatic rings. The highest BCUT2D eigenvalue weighted by molar-refractivity contribution is 7.18. The molecule has 0 spiro atoms. The number of aryl methyl sites for hydroxylation is 1. The molecule has 1 N–H and O–H groups in total. The lowest BCUT2D eigenvalue weighted by molar-refractivity contribution is 0.276. The van der Waals surface area contributed by atoms with Gasteiger partial charge in [-0.25, -0.2) is 4.98 Å². The molecule has 0 aliphatic carbocycles. The van der Waals surface area contributed by atoms with E-state index in [1.165, 1.54) is 0 Å². The number of thiazole rings is 1. The van der Waals surface area contributed by atoms with Crippen molar-refractivity contribution in [2.45, 2.75) is 13.5 Å². The van der Waals surface area contributed by atoms with Crippen molar-refractivity contribution < 1.29 is 9.84 Å². The van der Waals surface area contributed by atoms with Gasteiger partial charge in [0, 0.05) is 5.56 Å². The van der Waals surface area contributed by atoms with E-state index in [9.17, 15) is 5.11 Å². The Morgan fingerprint density at radius 3 is 2.93 bits per heavy atom. The number of benzene rings is 1. The predicted octanol–water partition coefficient (Wildman–Crippen LogP) is 2.11. The molecule has 0 bridgehead atoms. The van der Waals surface area contributed by atoms with Gasteiger partial charge in [0.25, 0.3) is 0 Å². The van der Waals surface area contributed by atoms with Crippen molar-refractivity contribution in [3.63, 3.8) is 0 Å². The van der Waals surface area contributed by atoms with Crippen LogP contribution in [-0.2, 0) is 6.61 Å². The number of aliphatic hydroxyl groups excluding tert-OH is 1. The molecule has 0 unspecified atom stereocenters. The van der Waals surface area contributed by atoms with E-state index >= 15 is 0 Å². The zero-order valence-corrected chi connectivity index (χ0v) is 8.89. The molecule has 1 heterocycles. The van der Waals surface area contributed by atoms with Gasteiger partial charge >= 0.3 is 0 Å². The molecule has 74 valence electrons. The molecule has 2 rings (SSSR count). The first kappa shape index (κ1) is 9.43. The highest BCUT2D eigenvalue weighted by atomic mass is 32.1. The number of aliphatic hydroxyl groups is 1. The van der Waals surface area contributed by atoms with E-state index in [-0.39, 0.29) is 6.61 Å². The molecule has 3 nitrogen and oxygen atoms in total. The topological polar surface area (TPSA) is 42.4 Å². The number of rotatable bonds is 2. The summed E-state index contributed by atoms with van der Waals surface area (Å²) in [6.45, 7) is 1.94. The Balaban J connectivity index is 2.75. The van der Waals surface area contributed by atoms with Crippen molar-refractivity contribution in [1.29, 1.82) is 0 Å². The summed E-state index contributed by atoms with van der Waals surface area (Å²) in [4.78, 5) is 4.35. The second kappa shape index (κ2) is 3.55. The number of aromatic nitrogens is 1. The average Bonchev–Trinajstić information content (AvgIpc) is 2.56. The quantitative estimate of drug-likeness (QED) is 0.823. The maximum absolute atomic E-state index is 9.26. The van der Waals surface area contributed by atoms with Crippen LogP contribution in [-0.4, -0.2) is 17.2 Å². The van der Waals surface area contributed by atoms with Crippen molar-refractivity contribution in [3.05, 3.63) is 22.7 Å². The summed E-state index contributed by atoms with van der Waals surface area (Å²) < 4.78 is 6.19. The largest absolute Gasteiger partial charge is 0.496 e. The van der Waals surface area contributed by atoms with Crippen LogP contribution >= 0.6 is 11.3 Å². The van der Waals surface area contributed by atoms with Gasteiger partial charge in [-0.05, 0) is 19.1 Å². The van der Waals surface area contributed by atoms with Gasteiger partial charge in [0.05, 0.1) is 28.9 Å². The molecule has 2 aromatic rings. The van der Waals surface area contributed by atoms with E-state index in [1.807, 2.05) is 19.1 Å². The van der Waals surface area contributed by atoms with Crippen LogP contribution in [0.1, 0.15) is 10.6 Å². The van der Waals surface area contributed by atoms with E-state index in [0.29, 0.717) is 0 Å². The summed E-state index contributed by atoms with van der Waals surface area (Å²) in [6.07, 6.45) is 0. The molecule has 0 saturated carbocycles. The normalized spacial score (nSPS) is 10.8. The van der Waals surface area contributed by atoms with E-state index in [0.717, 1.165) is 26.5 Å². The molecule has 0 aliphatic heterocycles. The SMILES string of the molecule is COc1ccc2nc(C)sc2c1CO. The van der Waals surface area contributed by atoms with Gasteiger partial charge in [0.2, 0.25) is 0 Å². The first-order chi connectivity index (χ1) is 6.76. The summed E-state index contributed by atoms with van der Waals surface area (Å²) >= 11 is 1.58. The fraction of sp³-hybridized carbons (Fsp3) is 0.300.